The van der Waals surface area contributed by atoms with Crippen LogP contribution < -0.4 is 0 Å². The van der Waals surface area contributed by atoms with Gasteiger partial charge in [0.1, 0.15) is 0 Å². The molecule has 0 N–H and O–H groups in total. The highest BCUT2D eigenvalue weighted by Gasteiger charge is 1.78. The van der Waals surface area contributed by atoms with Gasteiger partial charge in [0.2, 0.25) is 0 Å². The molecule has 0 aliphatic rings. The van der Waals surface area contributed by atoms with Crippen molar-refractivity contribution in [1.82, 2.24) is 0 Å². The normalized spacial score (nSPS) is 13.6. The van der Waals surface area contributed by atoms with Crippen molar-refractivity contribution >= 4 is 10.2 Å². The lowest BCUT2D eigenvalue weighted by Crippen LogP contribution is -1.72. The summed E-state index contributed by atoms with van der Waals surface area (Å²) in [5.74, 6) is 0. The number of hydrogen-bond donors (Lipinski definition) is 0. The molecule has 0 bridgehead atoms. The van der Waals surface area contributed by atoms with Crippen LogP contribution in [0.25, 0.3) is 0 Å². The monoisotopic (exact) mass is 85.0 g/mol. The fourth-order valence-electron chi connectivity index (χ4n) is 0. The molecule has 0 fully saturated rings. The molecule has 1 nitrogen and oxygen atoms in total. The molecule has 1 atom stereocenters. The average molecular weight is 85.2 g/mol. The van der Waals surface area contributed by atoms with Crippen LogP contribution in [0.3, 0.4) is 0 Å². The molecule has 1 unspecified atom stereocenters. The average Bonchev–Trinajstić information content (AvgIpc) is 1.38. The molecule has 5 heavy (non-hydrogen) atoms. The molecule has 0 radical (unpaired) electrons. The second-order valence-corrected chi connectivity index (χ2v) is 3.02. The molecule has 0 spiro atoms. The van der Waals surface area contributed by atoms with Gasteiger partial charge in [-0.15, -0.1) is 0 Å². The van der Waals surface area contributed by atoms with E-state index in [1.807, 2.05) is 6.92 Å². The van der Waals surface area contributed by atoms with E-state index in [2.05, 4.69) is 6.07 Å². The molecule has 0 saturated heterocycles. The Balaban J connectivity index is 2.94. The summed E-state index contributed by atoms with van der Waals surface area (Å²) in [5, 5.41) is 7.93. The summed E-state index contributed by atoms with van der Waals surface area (Å²) in [6.07, 6.45) is 0. The first-order valence-corrected chi connectivity index (χ1v) is 2.82. The van der Waals surface area contributed by atoms with Gasteiger partial charge in [0, 0.05) is 15.8 Å². The molecule has 2 heteroatoms. The van der Waals surface area contributed by atoms with Crippen LogP contribution >= 0.6 is 0 Å². The molecular formula is C3H7NSi. The van der Waals surface area contributed by atoms with E-state index in [0.29, 0.717) is 5.54 Å². The number of rotatable bonds is 0. The Labute approximate surface area is 35.0 Å². The predicted octanol–water partition coefficient (Wildman–Crippen LogP) is -0.316. The maximum atomic E-state index is 7.93. The van der Waals surface area contributed by atoms with E-state index in [1.54, 1.807) is 0 Å². The Hall–Kier alpha value is -0.293. The molecule has 0 rings (SSSR count). The van der Waals surface area contributed by atoms with Gasteiger partial charge in [-0.2, -0.15) is 5.26 Å². The highest BCUT2D eigenvalue weighted by molar-refractivity contribution is 6.13. The minimum absolute atomic E-state index is 0.329. The molecule has 0 aromatic heterocycles. The Morgan fingerprint density at radius 2 is 2.20 bits per heavy atom. The molecular weight excluding hydrogens is 78.1 g/mol. The maximum absolute atomic E-state index is 7.93. The van der Waals surface area contributed by atoms with E-state index in [1.165, 1.54) is 0 Å². The Kier molecular flexibility index (Phi) is 1.86. The summed E-state index contributed by atoms with van der Waals surface area (Å²) >= 11 is 0. The summed E-state index contributed by atoms with van der Waals surface area (Å²) in [6, 6.07) is 2.09. The fraction of sp³-hybridized carbons (Fsp3) is 0.667. The number of nitrogens with zero attached hydrogens (tertiary/aromatic N) is 1. The second kappa shape index (κ2) is 1.98. The highest BCUT2D eigenvalue weighted by Crippen LogP contribution is 1.85. The summed E-state index contributed by atoms with van der Waals surface area (Å²) < 4.78 is 0. The largest absolute Gasteiger partial charge is 0.198 e. The van der Waals surface area contributed by atoms with Gasteiger partial charge in [-0.05, 0) is 0 Å². The van der Waals surface area contributed by atoms with Crippen molar-refractivity contribution in [1.29, 1.82) is 5.26 Å². The van der Waals surface area contributed by atoms with Gasteiger partial charge in [-0.25, -0.2) is 0 Å². The van der Waals surface area contributed by atoms with Crippen molar-refractivity contribution in [2.24, 2.45) is 0 Å². The fourth-order valence-corrected chi connectivity index (χ4v) is 0. The SMILES string of the molecule is CC([SiH3])C#N. The third-order valence-corrected chi connectivity index (χ3v) is 0.516. The van der Waals surface area contributed by atoms with E-state index in [0.717, 1.165) is 10.2 Å². The van der Waals surface area contributed by atoms with Crippen molar-refractivity contribution in [2.75, 3.05) is 0 Å². The van der Waals surface area contributed by atoms with Crippen LogP contribution in [0.5, 0.6) is 0 Å². The summed E-state index contributed by atoms with van der Waals surface area (Å²) in [7, 11) is 1.01. The van der Waals surface area contributed by atoms with E-state index < -0.39 is 0 Å². The predicted molar refractivity (Wildman–Crippen MR) is 25.0 cm³/mol. The van der Waals surface area contributed by atoms with E-state index in [-0.39, 0.29) is 0 Å². The summed E-state index contributed by atoms with van der Waals surface area (Å²) in [5.41, 5.74) is 0.329. The zero-order valence-corrected chi connectivity index (χ0v) is 5.52. The van der Waals surface area contributed by atoms with Crippen molar-refractivity contribution in [2.45, 2.75) is 12.5 Å². The first-order chi connectivity index (χ1) is 2.27. The maximum Gasteiger partial charge on any atom is 0.0610 e. The molecule has 0 aromatic carbocycles. The minimum atomic E-state index is 0.329. The first-order valence-electron chi connectivity index (χ1n) is 1.67. The van der Waals surface area contributed by atoms with Gasteiger partial charge in [-0.1, -0.05) is 6.92 Å². The molecule has 0 aromatic rings. The standard InChI is InChI=1S/C3H7NSi/c1-3(5)2-4/h3H,1,5H3. The lowest BCUT2D eigenvalue weighted by Gasteiger charge is -1.75. The van der Waals surface area contributed by atoms with Gasteiger partial charge in [0.15, 0.2) is 0 Å². The highest BCUT2D eigenvalue weighted by atomic mass is 28.1. The smallest absolute Gasteiger partial charge is 0.0610 e. The molecule has 28 valence electrons. The third kappa shape index (κ3) is 3.71. The van der Waals surface area contributed by atoms with Gasteiger partial charge in [0.25, 0.3) is 0 Å². The topological polar surface area (TPSA) is 23.8 Å². The third-order valence-electron chi connectivity index (χ3n) is 0.258. The Morgan fingerprint density at radius 3 is 2.20 bits per heavy atom. The molecule has 0 amide bonds. The van der Waals surface area contributed by atoms with Crippen LogP contribution in [-0.2, 0) is 0 Å². The summed E-state index contributed by atoms with van der Waals surface area (Å²) in [4.78, 5) is 0. The zero-order chi connectivity index (χ0) is 4.28. The van der Waals surface area contributed by atoms with Gasteiger partial charge < -0.3 is 0 Å². The Bertz CT molecular complexity index is 52.4. The van der Waals surface area contributed by atoms with Crippen molar-refractivity contribution < 1.29 is 0 Å². The van der Waals surface area contributed by atoms with Crippen LogP contribution in [0.2, 0.25) is 5.54 Å². The van der Waals surface area contributed by atoms with Crippen LogP contribution in [-0.4, -0.2) is 10.2 Å². The van der Waals surface area contributed by atoms with Crippen molar-refractivity contribution in [3.05, 3.63) is 0 Å². The number of hydrogen-bond acceptors (Lipinski definition) is 1. The lowest BCUT2D eigenvalue weighted by atomic mass is 10.5. The second-order valence-electron chi connectivity index (χ2n) is 1.28. The summed E-state index contributed by atoms with van der Waals surface area (Å²) in [6.45, 7) is 1.92. The van der Waals surface area contributed by atoms with E-state index >= 15 is 0 Å². The van der Waals surface area contributed by atoms with Gasteiger partial charge >= 0.3 is 0 Å². The zero-order valence-electron chi connectivity index (χ0n) is 3.52. The van der Waals surface area contributed by atoms with Crippen LogP contribution in [0.1, 0.15) is 6.92 Å². The first kappa shape index (κ1) is 4.71. The van der Waals surface area contributed by atoms with Crippen molar-refractivity contribution in [3.8, 4) is 6.07 Å². The van der Waals surface area contributed by atoms with Crippen LogP contribution in [0.15, 0.2) is 0 Å². The van der Waals surface area contributed by atoms with Crippen LogP contribution in [0, 0.1) is 11.3 Å². The molecule has 0 aliphatic heterocycles. The minimum Gasteiger partial charge on any atom is -0.198 e. The molecule has 0 aliphatic carbocycles. The van der Waals surface area contributed by atoms with E-state index in [4.69, 9.17) is 5.26 Å². The molecule has 0 heterocycles. The van der Waals surface area contributed by atoms with Crippen molar-refractivity contribution in [3.63, 3.8) is 0 Å². The Morgan fingerprint density at radius 1 is 2.00 bits per heavy atom. The number of nitriles is 1. The quantitative estimate of drug-likeness (QED) is 0.370. The lowest BCUT2D eigenvalue weighted by molar-refractivity contribution is 1.21. The molecule has 0 saturated carbocycles. The van der Waals surface area contributed by atoms with Gasteiger partial charge in [0.05, 0.1) is 6.07 Å². The van der Waals surface area contributed by atoms with Gasteiger partial charge in [-0.3, -0.25) is 0 Å². The van der Waals surface area contributed by atoms with Crippen LogP contribution in [0.4, 0.5) is 0 Å². The van der Waals surface area contributed by atoms with E-state index in [9.17, 15) is 0 Å².